The Balaban J connectivity index is 2.54. The number of methoxy groups -OCH3 is 2. The molecule has 0 bridgehead atoms. The van der Waals surface area contributed by atoms with Gasteiger partial charge in [-0.2, -0.15) is 0 Å². The fraction of sp³-hybridized carbons (Fsp3) is 0.562. The Morgan fingerprint density at radius 2 is 1.60 bits per heavy atom. The molecule has 0 amide bonds. The maximum absolute atomic E-state index is 12.1. The Bertz CT molecular complexity index is 393. The van der Waals surface area contributed by atoms with Gasteiger partial charge in [0.05, 0.1) is 20.8 Å². The van der Waals surface area contributed by atoms with Crippen LogP contribution in [0, 0.1) is 0 Å². The molecule has 0 saturated carbocycles. The van der Waals surface area contributed by atoms with E-state index in [1.165, 1.54) is 33.5 Å². The SMILES string of the molecule is CCCCCCCOC(=O)c1c(OC)cccc1OC. The van der Waals surface area contributed by atoms with Crippen LogP contribution in [0.15, 0.2) is 18.2 Å². The van der Waals surface area contributed by atoms with Gasteiger partial charge in [0.15, 0.2) is 0 Å². The van der Waals surface area contributed by atoms with E-state index in [0.717, 1.165) is 12.8 Å². The first kappa shape index (κ1) is 16.3. The van der Waals surface area contributed by atoms with E-state index in [1.807, 2.05) is 0 Å². The Hall–Kier alpha value is -1.71. The first-order valence-electron chi connectivity index (χ1n) is 7.12. The zero-order chi connectivity index (χ0) is 14.8. The highest BCUT2D eigenvalue weighted by atomic mass is 16.5. The van der Waals surface area contributed by atoms with Crippen molar-refractivity contribution in [2.24, 2.45) is 0 Å². The normalized spacial score (nSPS) is 10.2. The minimum absolute atomic E-state index is 0.353. The number of hydrogen-bond acceptors (Lipinski definition) is 4. The predicted molar refractivity (Wildman–Crippen MR) is 78.6 cm³/mol. The van der Waals surface area contributed by atoms with E-state index in [2.05, 4.69) is 6.92 Å². The molecule has 1 rings (SSSR count). The molecule has 0 aliphatic heterocycles. The number of carbonyl (C=O) groups is 1. The van der Waals surface area contributed by atoms with E-state index >= 15 is 0 Å². The molecule has 4 heteroatoms. The molecule has 0 N–H and O–H groups in total. The van der Waals surface area contributed by atoms with Crippen LogP contribution in [0.4, 0.5) is 0 Å². The van der Waals surface area contributed by atoms with Gasteiger partial charge in [-0.1, -0.05) is 38.7 Å². The van der Waals surface area contributed by atoms with Crippen molar-refractivity contribution in [1.29, 1.82) is 0 Å². The van der Waals surface area contributed by atoms with Gasteiger partial charge >= 0.3 is 5.97 Å². The van der Waals surface area contributed by atoms with Crippen LogP contribution < -0.4 is 9.47 Å². The fourth-order valence-corrected chi connectivity index (χ4v) is 2.00. The van der Waals surface area contributed by atoms with Crippen LogP contribution in [0.25, 0.3) is 0 Å². The molecule has 0 heterocycles. The number of unbranched alkanes of at least 4 members (excludes halogenated alkanes) is 4. The summed E-state index contributed by atoms with van der Waals surface area (Å²) in [7, 11) is 3.05. The largest absolute Gasteiger partial charge is 0.496 e. The molecule has 0 aliphatic rings. The number of esters is 1. The molecule has 4 nitrogen and oxygen atoms in total. The van der Waals surface area contributed by atoms with Gasteiger partial charge in [0.1, 0.15) is 17.1 Å². The van der Waals surface area contributed by atoms with Gasteiger partial charge in [-0.15, -0.1) is 0 Å². The average molecular weight is 280 g/mol. The van der Waals surface area contributed by atoms with Crippen LogP contribution in [0.2, 0.25) is 0 Å². The Morgan fingerprint density at radius 1 is 1.00 bits per heavy atom. The van der Waals surface area contributed by atoms with Crippen LogP contribution in [0.1, 0.15) is 49.4 Å². The number of ether oxygens (including phenoxy) is 3. The van der Waals surface area contributed by atoms with Crippen molar-refractivity contribution >= 4 is 5.97 Å². The Morgan fingerprint density at radius 3 is 2.15 bits per heavy atom. The molecule has 1 aromatic carbocycles. The Labute approximate surface area is 121 Å². The lowest BCUT2D eigenvalue weighted by atomic mass is 10.1. The van der Waals surface area contributed by atoms with Crippen LogP contribution in [0.3, 0.4) is 0 Å². The molecule has 0 unspecified atom stereocenters. The highest BCUT2D eigenvalue weighted by Gasteiger charge is 2.19. The second-order valence-corrected chi connectivity index (χ2v) is 4.59. The van der Waals surface area contributed by atoms with Crippen molar-refractivity contribution in [2.75, 3.05) is 20.8 Å². The predicted octanol–water partition coefficient (Wildman–Crippen LogP) is 3.83. The van der Waals surface area contributed by atoms with E-state index in [9.17, 15) is 4.79 Å². The second-order valence-electron chi connectivity index (χ2n) is 4.59. The monoisotopic (exact) mass is 280 g/mol. The number of carbonyl (C=O) groups excluding carboxylic acids is 1. The zero-order valence-electron chi connectivity index (χ0n) is 12.6. The summed E-state index contributed by atoms with van der Waals surface area (Å²) < 4.78 is 15.7. The van der Waals surface area contributed by atoms with E-state index in [0.29, 0.717) is 23.7 Å². The standard InChI is InChI=1S/C16H24O4/c1-4-5-6-7-8-12-20-16(17)15-13(18-2)10-9-11-14(15)19-3/h9-11H,4-8,12H2,1-3H3. The first-order valence-corrected chi connectivity index (χ1v) is 7.12. The summed E-state index contributed by atoms with van der Waals surface area (Å²) >= 11 is 0. The molecule has 0 radical (unpaired) electrons. The summed E-state index contributed by atoms with van der Waals surface area (Å²) in [5.41, 5.74) is 0.353. The second kappa shape index (κ2) is 9.23. The van der Waals surface area contributed by atoms with Gasteiger partial charge < -0.3 is 14.2 Å². The number of hydrogen-bond donors (Lipinski definition) is 0. The molecule has 0 aromatic heterocycles. The van der Waals surface area contributed by atoms with Gasteiger partial charge in [-0.25, -0.2) is 4.79 Å². The van der Waals surface area contributed by atoms with Crippen molar-refractivity contribution in [3.05, 3.63) is 23.8 Å². The van der Waals surface area contributed by atoms with Crippen LogP contribution in [-0.2, 0) is 4.74 Å². The lowest BCUT2D eigenvalue weighted by molar-refractivity contribution is 0.0490. The highest BCUT2D eigenvalue weighted by Crippen LogP contribution is 2.28. The van der Waals surface area contributed by atoms with Crippen LogP contribution >= 0.6 is 0 Å². The van der Waals surface area contributed by atoms with Crippen molar-refractivity contribution in [3.63, 3.8) is 0 Å². The van der Waals surface area contributed by atoms with E-state index in [-0.39, 0.29) is 0 Å². The minimum Gasteiger partial charge on any atom is -0.496 e. The summed E-state index contributed by atoms with van der Waals surface area (Å²) in [5.74, 6) is 0.551. The average Bonchev–Trinajstić information content (AvgIpc) is 2.49. The summed E-state index contributed by atoms with van der Waals surface area (Å²) in [5, 5.41) is 0. The van der Waals surface area contributed by atoms with Gasteiger partial charge in [0, 0.05) is 0 Å². The van der Waals surface area contributed by atoms with E-state index < -0.39 is 5.97 Å². The quantitative estimate of drug-likeness (QED) is 0.509. The third-order valence-corrected chi connectivity index (χ3v) is 3.11. The van der Waals surface area contributed by atoms with Gasteiger partial charge in [-0.05, 0) is 18.6 Å². The third-order valence-electron chi connectivity index (χ3n) is 3.11. The fourth-order valence-electron chi connectivity index (χ4n) is 2.00. The van der Waals surface area contributed by atoms with Gasteiger partial charge in [-0.3, -0.25) is 0 Å². The summed E-state index contributed by atoms with van der Waals surface area (Å²) in [6.45, 7) is 2.61. The molecule has 1 aromatic rings. The zero-order valence-corrected chi connectivity index (χ0v) is 12.6. The van der Waals surface area contributed by atoms with Crippen molar-refractivity contribution in [3.8, 4) is 11.5 Å². The molecule has 0 saturated heterocycles. The van der Waals surface area contributed by atoms with Crippen molar-refractivity contribution in [2.45, 2.75) is 39.0 Å². The smallest absolute Gasteiger partial charge is 0.345 e. The lowest BCUT2D eigenvalue weighted by Crippen LogP contribution is -2.10. The maximum Gasteiger partial charge on any atom is 0.345 e. The van der Waals surface area contributed by atoms with Crippen molar-refractivity contribution < 1.29 is 19.0 Å². The molecule has 0 aliphatic carbocycles. The molecular weight excluding hydrogens is 256 g/mol. The Kier molecular flexibility index (Phi) is 7.55. The van der Waals surface area contributed by atoms with Gasteiger partial charge in [0.2, 0.25) is 0 Å². The number of benzene rings is 1. The van der Waals surface area contributed by atoms with E-state index in [1.54, 1.807) is 18.2 Å². The molecule has 112 valence electrons. The summed E-state index contributed by atoms with van der Waals surface area (Å²) in [4.78, 5) is 12.1. The van der Waals surface area contributed by atoms with Crippen LogP contribution in [-0.4, -0.2) is 26.8 Å². The van der Waals surface area contributed by atoms with Crippen molar-refractivity contribution in [1.82, 2.24) is 0 Å². The first-order chi connectivity index (χ1) is 9.74. The highest BCUT2D eigenvalue weighted by molar-refractivity contribution is 5.95. The minimum atomic E-state index is -0.394. The molecule has 0 atom stereocenters. The third kappa shape index (κ3) is 4.76. The molecule has 0 fully saturated rings. The van der Waals surface area contributed by atoms with Gasteiger partial charge in [0.25, 0.3) is 0 Å². The molecule has 20 heavy (non-hydrogen) atoms. The maximum atomic E-state index is 12.1. The van der Waals surface area contributed by atoms with E-state index in [4.69, 9.17) is 14.2 Å². The topological polar surface area (TPSA) is 44.8 Å². The number of rotatable bonds is 9. The van der Waals surface area contributed by atoms with Crippen LogP contribution in [0.5, 0.6) is 11.5 Å². The molecular formula is C16H24O4. The summed E-state index contributed by atoms with van der Waals surface area (Å²) in [6, 6.07) is 5.22. The lowest BCUT2D eigenvalue weighted by Gasteiger charge is -2.12. The summed E-state index contributed by atoms with van der Waals surface area (Å²) in [6.07, 6.45) is 5.60. The molecule has 0 spiro atoms.